The molecule has 1 aliphatic heterocycles. The maximum Gasteiger partial charge on any atom is 0.350 e. The Kier molecular flexibility index (Phi) is 7.79. The molecule has 0 bridgehead atoms. The first-order chi connectivity index (χ1) is 18.9. The molecule has 9 heteroatoms. The van der Waals surface area contributed by atoms with Gasteiger partial charge < -0.3 is 13.9 Å². The number of esters is 1. The lowest BCUT2D eigenvalue weighted by atomic mass is 9.98. The summed E-state index contributed by atoms with van der Waals surface area (Å²) in [6.07, 6.45) is 4.44. The third-order valence-electron chi connectivity index (χ3n) is 6.69. The fourth-order valence-electron chi connectivity index (χ4n) is 4.77. The highest BCUT2D eigenvalue weighted by atomic mass is 32.1. The molecule has 0 aliphatic carbocycles. The van der Waals surface area contributed by atoms with Crippen LogP contribution >= 0.6 is 11.3 Å². The van der Waals surface area contributed by atoms with Crippen LogP contribution < -0.4 is 15.1 Å². The van der Waals surface area contributed by atoms with Gasteiger partial charge in [-0.1, -0.05) is 61.8 Å². The van der Waals surface area contributed by atoms with Crippen LogP contribution in [0.15, 0.2) is 57.7 Å². The van der Waals surface area contributed by atoms with Crippen LogP contribution in [0, 0.1) is 6.92 Å². The number of carbonyl (C=O) groups excluding carboxylic acids is 2. The van der Waals surface area contributed by atoms with Crippen molar-refractivity contribution in [3.05, 3.63) is 86.2 Å². The van der Waals surface area contributed by atoms with Crippen LogP contribution in [-0.2, 0) is 4.74 Å². The molecule has 8 nitrogen and oxygen atoms in total. The van der Waals surface area contributed by atoms with Crippen molar-refractivity contribution in [2.75, 3.05) is 18.1 Å². The maximum atomic E-state index is 13.8. The van der Waals surface area contributed by atoms with E-state index < -0.39 is 17.9 Å². The summed E-state index contributed by atoms with van der Waals surface area (Å²) < 4.78 is 17.1. The number of aromatic nitrogens is 1. The summed E-state index contributed by atoms with van der Waals surface area (Å²) >= 11 is 1.06. The van der Waals surface area contributed by atoms with Gasteiger partial charge in [-0.3, -0.25) is 14.5 Å². The Morgan fingerprint density at radius 1 is 1.05 bits per heavy atom. The van der Waals surface area contributed by atoms with E-state index in [-0.39, 0.29) is 28.5 Å². The zero-order valence-electron chi connectivity index (χ0n) is 22.2. The van der Waals surface area contributed by atoms with E-state index in [1.807, 2.05) is 24.3 Å². The second kappa shape index (κ2) is 11.4. The molecule has 1 aliphatic rings. The molecule has 4 aromatic rings. The lowest BCUT2D eigenvalue weighted by Gasteiger charge is -2.22. The van der Waals surface area contributed by atoms with Crippen LogP contribution in [-0.4, -0.2) is 30.1 Å². The van der Waals surface area contributed by atoms with E-state index in [1.54, 1.807) is 38.1 Å². The highest BCUT2D eigenvalue weighted by molar-refractivity contribution is 7.17. The summed E-state index contributed by atoms with van der Waals surface area (Å²) in [6.45, 7) is 6.44. The van der Waals surface area contributed by atoms with Crippen LogP contribution in [0.2, 0.25) is 0 Å². The minimum Gasteiger partial charge on any atom is -0.494 e. The smallest absolute Gasteiger partial charge is 0.350 e. The molecule has 0 fully saturated rings. The first-order valence-electron chi connectivity index (χ1n) is 13.2. The first-order valence-corrected chi connectivity index (χ1v) is 14.0. The number of hydrogen-bond donors (Lipinski definition) is 0. The van der Waals surface area contributed by atoms with Gasteiger partial charge in [0.2, 0.25) is 5.76 Å². The number of fused-ring (bicyclic) bond motifs is 2. The maximum absolute atomic E-state index is 13.8. The number of carbonyl (C=O) groups is 2. The molecular formula is C30H30N2O6S. The molecular weight excluding hydrogens is 516 g/mol. The van der Waals surface area contributed by atoms with Gasteiger partial charge in [0.15, 0.2) is 10.6 Å². The Bertz CT molecular complexity index is 1570. The number of anilines is 1. The van der Waals surface area contributed by atoms with Gasteiger partial charge in [-0.05, 0) is 50.1 Å². The number of aryl methyl sites for hydroxylation is 1. The number of ether oxygens (including phenoxy) is 2. The topological polar surface area (TPSA) is 98.9 Å². The van der Waals surface area contributed by atoms with Gasteiger partial charge in [0.1, 0.15) is 16.2 Å². The molecule has 0 unspecified atom stereocenters. The van der Waals surface area contributed by atoms with E-state index in [9.17, 15) is 14.4 Å². The number of nitrogens with zero attached hydrogens (tertiary/aromatic N) is 2. The van der Waals surface area contributed by atoms with Crippen molar-refractivity contribution in [2.45, 2.75) is 52.5 Å². The van der Waals surface area contributed by atoms with E-state index in [4.69, 9.17) is 13.9 Å². The average molecular weight is 547 g/mol. The lowest BCUT2D eigenvalue weighted by molar-refractivity contribution is 0.0531. The summed E-state index contributed by atoms with van der Waals surface area (Å²) in [6, 6.07) is 13.5. The van der Waals surface area contributed by atoms with E-state index in [1.165, 1.54) is 11.3 Å². The number of rotatable bonds is 10. The third kappa shape index (κ3) is 5.06. The summed E-state index contributed by atoms with van der Waals surface area (Å²) in [5.74, 6) is -0.296. The van der Waals surface area contributed by atoms with Crippen molar-refractivity contribution < 1.29 is 23.5 Å². The molecule has 2 aromatic heterocycles. The van der Waals surface area contributed by atoms with Crippen molar-refractivity contribution in [2.24, 2.45) is 0 Å². The largest absolute Gasteiger partial charge is 0.494 e. The SMILES string of the molecule is CCCCCCOc1ccc([C@H]2c3c(oc4ccccc4c3=O)C(=O)N2c2nc(C)c(C(=O)OCC)s2)cc1. The van der Waals surface area contributed by atoms with E-state index >= 15 is 0 Å². The predicted molar refractivity (Wildman–Crippen MR) is 150 cm³/mol. The lowest BCUT2D eigenvalue weighted by Crippen LogP contribution is -2.29. The second-order valence-corrected chi connectivity index (χ2v) is 10.3. The Balaban J connectivity index is 1.57. The van der Waals surface area contributed by atoms with Gasteiger partial charge in [-0.2, -0.15) is 0 Å². The Morgan fingerprint density at radius 3 is 2.56 bits per heavy atom. The zero-order chi connectivity index (χ0) is 27.5. The molecule has 5 rings (SSSR count). The van der Waals surface area contributed by atoms with Crippen LogP contribution in [0.4, 0.5) is 5.13 Å². The average Bonchev–Trinajstić information content (AvgIpc) is 3.46. The highest BCUT2D eigenvalue weighted by Gasteiger charge is 2.45. The number of amides is 1. The zero-order valence-corrected chi connectivity index (χ0v) is 23.0. The number of unbranched alkanes of at least 4 members (excludes halogenated alkanes) is 3. The Morgan fingerprint density at radius 2 is 1.82 bits per heavy atom. The third-order valence-corrected chi connectivity index (χ3v) is 7.83. The van der Waals surface area contributed by atoms with Crippen molar-refractivity contribution in [1.29, 1.82) is 0 Å². The molecule has 0 spiro atoms. The van der Waals surface area contributed by atoms with Crippen molar-refractivity contribution in [3.63, 3.8) is 0 Å². The first kappa shape index (κ1) is 26.6. The summed E-state index contributed by atoms with van der Waals surface area (Å²) in [5, 5.41) is 0.683. The van der Waals surface area contributed by atoms with Crippen molar-refractivity contribution in [3.8, 4) is 5.75 Å². The molecule has 1 amide bonds. The number of benzene rings is 2. The highest BCUT2D eigenvalue weighted by Crippen LogP contribution is 2.43. The van der Waals surface area contributed by atoms with Gasteiger partial charge in [-0.15, -0.1) is 0 Å². The van der Waals surface area contributed by atoms with Gasteiger partial charge in [-0.25, -0.2) is 9.78 Å². The molecule has 0 radical (unpaired) electrons. The van der Waals surface area contributed by atoms with Crippen LogP contribution in [0.25, 0.3) is 11.0 Å². The van der Waals surface area contributed by atoms with Crippen molar-refractivity contribution >= 4 is 39.3 Å². The fourth-order valence-corrected chi connectivity index (χ4v) is 5.76. The molecule has 39 heavy (non-hydrogen) atoms. The van der Waals surface area contributed by atoms with Crippen molar-refractivity contribution in [1.82, 2.24) is 4.98 Å². The molecule has 0 N–H and O–H groups in total. The Labute approximate surface area is 230 Å². The minimum atomic E-state index is -0.785. The van der Waals surface area contributed by atoms with Crippen LogP contribution in [0.3, 0.4) is 0 Å². The van der Waals surface area contributed by atoms with Gasteiger partial charge >= 0.3 is 5.97 Å². The molecule has 0 saturated heterocycles. The quantitative estimate of drug-likeness (QED) is 0.167. The van der Waals surface area contributed by atoms with E-state index in [0.29, 0.717) is 39.5 Å². The van der Waals surface area contributed by atoms with Gasteiger partial charge in [0, 0.05) is 0 Å². The van der Waals surface area contributed by atoms with Crippen LogP contribution in [0.5, 0.6) is 5.75 Å². The minimum absolute atomic E-state index is 0.0227. The number of thiazole rings is 1. The van der Waals surface area contributed by atoms with E-state index in [0.717, 1.165) is 30.6 Å². The van der Waals surface area contributed by atoms with Gasteiger partial charge in [0.25, 0.3) is 5.91 Å². The number of para-hydroxylation sites is 1. The summed E-state index contributed by atoms with van der Waals surface area (Å²) in [4.78, 5) is 46.3. The molecule has 2 aromatic carbocycles. The molecule has 1 atom stereocenters. The van der Waals surface area contributed by atoms with Gasteiger partial charge in [0.05, 0.1) is 35.9 Å². The van der Waals surface area contributed by atoms with Crippen LogP contribution in [0.1, 0.15) is 82.6 Å². The summed E-state index contributed by atoms with van der Waals surface area (Å²) in [5.41, 5.74) is 1.46. The summed E-state index contributed by atoms with van der Waals surface area (Å²) in [7, 11) is 0. The molecule has 202 valence electrons. The molecule has 3 heterocycles. The Hall–Kier alpha value is -3.98. The monoisotopic (exact) mass is 546 g/mol. The predicted octanol–water partition coefficient (Wildman–Crippen LogP) is 6.44. The number of hydrogen-bond acceptors (Lipinski definition) is 8. The fraction of sp³-hybridized carbons (Fsp3) is 0.333. The van der Waals surface area contributed by atoms with E-state index in [2.05, 4.69) is 11.9 Å². The second-order valence-electron chi connectivity index (χ2n) is 9.36. The standard InChI is InChI=1S/C30H30N2O6S/c1-4-6-7-10-17-37-20-15-13-19(14-16-20)24-23-25(33)21-11-8-9-12-22(21)38-26(23)28(34)32(24)30-31-18(3)27(39-30)29(35)36-5-2/h8-9,11-16,24H,4-7,10,17H2,1-3H3/t24-/m0/s1. The normalized spacial score (nSPS) is 14.6. The molecule has 0 saturated carbocycles.